The first kappa shape index (κ1) is 29.7. The quantitative estimate of drug-likeness (QED) is 0.219. The van der Waals surface area contributed by atoms with E-state index in [2.05, 4.69) is 10.6 Å². The van der Waals surface area contributed by atoms with Crippen molar-refractivity contribution < 1.29 is 22.7 Å². The molecule has 0 heterocycles. The van der Waals surface area contributed by atoms with Crippen LogP contribution in [0.5, 0.6) is 0 Å². The molecule has 0 atom stereocenters. The van der Waals surface area contributed by atoms with E-state index in [-0.39, 0.29) is 40.8 Å². The van der Waals surface area contributed by atoms with Gasteiger partial charge in [-0.3, -0.25) is 9.59 Å². The summed E-state index contributed by atoms with van der Waals surface area (Å²) in [6.07, 6.45) is 7.27. The predicted molar refractivity (Wildman–Crippen MR) is 152 cm³/mol. The van der Waals surface area contributed by atoms with Gasteiger partial charge < -0.3 is 15.4 Å². The van der Waals surface area contributed by atoms with E-state index < -0.39 is 10.0 Å². The SMILES string of the molecule is CN(C1CCCCC1)S(=O)(=O)c1ccc(NC(=S)NC(=O)CCCC(=O)OCCCc2ccccc2)cc1. The second-order valence-corrected chi connectivity index (χ2v) is 11.9. The van der Waals surface area contributed by atoms with Crippen LogP contribution in [0.4, 0.5) is 5.69 Å². The van der Waals surface area contributed by atoms with Gasteiger partial charge in [-0.2, -0.15) is 4.31 Å². The van der Waals surface area contributed by atoms with Crippen molar-refractivity contribution >= 4 is 44.9 Å². The molecule has 206 valence electrons. The first-order chi connectivity index (χ1) is 18.3. The van der Waals surface area contributed by atoms with E-state index in [4.69, 9.17) is 17.0 Å². The third-order valence-corrected chi connectivity index (χ3v) is 8.76. The fourth-order valence-corrected chi connectivity index (χ4v) is 6.09. The lowest BCUT2D eigenvalue weighted by Crippen LogP contribution is -2.38. The third-order valence-electron chi connectivity index (χ3n) is 6.63. The summed E-state index contributed by atoms with van der Waals surface area (Å²) in [5.74, 6) is -0.636. The average Bonchev–Trinajstić information content (AvgIpc) is 2.92. The zero-order valence-electron chi connectivity index (χ0n) is 21.9. The molecular weight excluding hydrogens is 522 g/mol. The van der Waals surface area contributed by atoms with E-state index >= 15 is 0 Å². The standard InChI is InChI=1S/C28H37N3O5S2/c1-31(24-13-6-3-7-14-24)38(34,35)25-19-17-23(18-20-25)29-28(37)30-26(32)15-8-16-27(33)36-21-9-12-22-10-4-2-5-11-22/h2,4-5,10-11,17-20,24H,3,6-9,12-16,21H2,1H3,(H2,29,30,32,37). The number of esters is 1. The van der Waals surface area contributed by atoms with Gasteiger partial charge in [-0.25, -0.2) is 8.42 Å². The normalized spacial score (nSPS) is 14.2. The highest BCUT2D eigenvalue weighted by Crippen LogP contribution is 2.27. The molecule has 1 amide bonds. The Hall–Kier alpha value is -2.82. The Kier molecular flexibility index (Phi) is 11.7. The summed E-state index contributed by atoms with van der Waals surface area (Å²) < 4.78 is 32.7. The van der Waals surface area contributed by atoms with Crippen LogP contribution in [-0.4, -0.2) is 49.4 Å². The Bertz CT molecular complexity index is 1160. The molecule has 3 rings (SSSR count). The molecule has 8 nitrogen and oxygen atoms in total. The number of anilines is 1. The molecule has 0 aliphatic heterocycles. The largest absolute Gasteiger partial charge is 0.466 e. The Morgan fingerprint density at radius 1 is 0.974 bits per heavy atom. The Balaban J connectivity index is 1.33. The van der Waals surface area contributed by atoms with Crippen LogP contribution in [-0.2, 0) is 30.8 Å². The average molecular weight is 560 g/mol. The number of nitrogens with zero attached hydrogens (tertiary/aromatic N) is 1. The lowest BCUT2D eigenvalue weighted by molar-refractivity contribution is -0.143. The summed E-state index contributed by atoms with van der Waals surface area (Å²) in [4.78, 5) is 24.3. The molecular formula is C28H37N3O5S2. The van der Waals surface area contributed by atoms with Gasteiger partial charge in [0.15, 0.2) is 5.11 Å². The number of rotatable bonds is 12. The van der Waals surface area contributed by atoms with Crippen LogP contribution < -0.4 is 10.6 Å². The molecule has 2 N–H and O–H groups in total. The summed E-state index contributed by atoms with van der Waals surface area (Å²) in [5, 5.41) is 5.58. The number of thiocarbonyl (C=S) groups is 1. The highest BCUT2D eigenvalue weighted by atomic mass is 32.2. The van der Waals surface area contributed by atoms with Crippen molar-refractivity contribution in [1.82, 2.24) is 9.62 Å². The van der Waals surface area contributed by atoms with Gasteiger partial charge in [0.25, 0.3) is 0 Å². The lowest BCUT2D eigenvalue weighted by Gasteiger charge is -2.30. The number of carbonyl (C=O) groups is 2. The van der Waals surface area contributed by atoms with E-state index in [0.29, 0.717) is 18.7 Å². The zero-order valence-corrected chi connectivity index (χ0v) is 23.5. The molecule has 0 spiro atoms. The third kappa shape index (κ3) is 9.49. The number of carbonyl (C=O) groups excluding carboxylic acids is 2. The van der Waals surface area contributed by atoms with Crippen LogP contribution in [0.1, 0.15) is 63.4 Å². The minimum absolute atomic E-state index is 0.0378. The highest BCUT2D eigenvalue weighted by molar-refractivity contribution is 7.89. The summed E-state index contributed by atoms with van der Waals surface area (Å²) >= 11 is 5.20. The number of benzene rings is 2. The molecule has 1 fully saturated rings. The van der Waals surface area contributed by atoms with Gasteiger partial charge in [-0.05, 0) is 74.2 Å². The van der Waals surface area contributed by atoms with Gasteiger partial charge in [-0.1, -0.05) is 49.6 Å². The molecule has 38 heavy (non-hydrogen) atoms. The van der Waals surface area contributed by atoms with Crippen LogP contribution in [0.2, 0.25) is 0 Å². The fourth-order valence-electron chi connectivity index (χ4n) is 4.44. The van der Waals surface area contributed by atoms with Crippen LogP contribution in [0.25, 0.3) is 0 Å². The lowest BCUT2D eigenvalue weighted by atomic mass is 9.96. The molecule has 10 heteroatoms. The van der Waals surface area contributed by atoms with Crippen LogP contribution in [0, 0.1) is 0 Å². The first-order valence-electron chi connectivity index (χ1n) is 13.1. The molecule has 0 unspecified atom stereocenters. The van der Waals surface area contributed by atoms with Crippen LogP contribution >= 0.6 is 12.2 Å². The van der Waals surface area contributed by atoms with Gasteiger partial charge in [0.05, 0.1) is 11.5 Å². The molecule has 2 aromatic carbocycles. The van der Waals surface area contributed by atoms with Gasteiger partial charge >= 0.3 is 5.97 Å². The first-order valence-corrected chi connectivity index (χ1v) is 15.0. The van der Waals surface area contributed by atoms with Crippen molar-refractivity contribution in [3.8, 4) is 0 Å². The monoisotopic (exact) mass is 559 g/mol. The van der Waals surface area contributed by atoms with E-state index in [1.165, 1.54) is 22.0 Å². The predicted octanol–water partition coefficient (Wildman–Crippen LogP) is 4.80. The van der Waals surface area contributed by atoms with Gasteiger partial charge in [0.2, 0.25) is 15.9 Å². The Morgan fingerprint density at radius 2 is 1.66 bits per heavy atom. The maximum absolute atomic E-state index is 13.0. The van der Waals surface area contributed by atoms with Gasteiger partial charge in [0, 0.05) is 31.6 Å². The molecule has 0 aromatic heterocycles. The van der Waals surface area contributed by atoms with Crippen LogP contribution in [0.15, 0.2) is 59.5 Å². The van der Waals surface area contributed by atoms with Crippen molar-refractivity contribution in [2.24, 2.45) is 0 Å². The van der Waals surface area contributed by atoms with E-state index in [9.17, 15) is 18.0 Å². The van der Waals surface area contributed by atoms with Crippen molar-refractivity contribution in [2.45, 2.75) is 75.1 Å². The van der Waals surface area contributed by atoms with E-state index in [1.54, 1.807) is 19.2 Å². The summed E-state index contributed by atoms with van der Waals surface area (Å²) in [6.45, 7) is 0.352. The minimum atomic E-state index is -3.58. The Labute approximate surface area is 231 Å². The molecule has 0 bridgehead atoms. The second kappa shape index (κ2) is 14.9. The molecule has 1 saturated carbocycles. The molecule has 0 radical (unpaired) electrons. The number of sulfonamides is 1. The maximum atomic E-state index is 13.0. The molecule has 1 aliphatic carbocycles. The van der Waals surface area contributed by atoms with E-state index in [0.717, 1.165) is 44.9 Å². The fraction of sp³-hybridized carbons (Fsp3) is 0.464. The number of hydrogen-bond donors (Lipinski definition) is 2. The number of amides is 1. The molecule has 1 aliphatic rings. The van der Waals surface area contributed by atoms with Crippen molar-refractivity contribution in [3.05, 3.63) is 60.2 Å². The van der Waals surface area contributed by atoms with Crippen molar-refractivity contribution in [2.75, 3.05) is 19.0 Å². The summed E-state index contributed by atoms with van der Waals surface area (Å²) in [6, 6.07) is 16.3. The number of ether oxygens (including phenoxy) is 1. The van der Waals surface area contributed by atoms with Gasteiger partial charge in [0.1, 0.15) is 0 Å². The highest BCUT2D eigenvalue weighted by Gasteiger charge is 2.28. The molecule has 2 aromatic rings. The van der Waals surface area contributed by atoms with E-state index in [1.807, 2.05) is 30.3 Å². The maximum Gasteiger partial charge on any atom is 0.305 e. The zero-order chi connectivity index (χ0) is 27.4. The van der Waals surface area contributed by atoms with Gasteiger partial charge in [-0.15, -0.1) is 0 Å². The smallest absolute Gasteiger partial charge is 0.305 e. The number of aryl methyl sites for hydroxylation is 1. The van der Waals surface area contributed by atoms with Crippen molar-refractivity contribution in [1.29, 1.82) is 0 Å². The summed E-state index contributed by atoms with van der Waals surface area (Å²) in [7, 11) is -1.93. The molecule has 0 saturated heterocycles. The topological polar surface area (TPSA) is 105 Å². The summed E-state index contributed by atoms with van der Waals surface area (Å²) in [5.41, 5.74) is 1.77. The number of hydrogen-bond acceptors (Lipinski definition) is 6. The number of nitrogens with one attached hydrogen (secondary N) is 2. The van der Waals surface area contributed by atoms with Crippen molar-refractivity contribution in [3.63, 3.8) is 0 Å². The Morgan fingerprint density at radius 3 is 2.34 bits per heavy atom. The van der Waals surface area contributed by atoms with Crippen LogP contribution in [0.3, 0.4) is 0 Å². The second-order valence-electron chi connectivity index (χ2n) is 9.50. The minimum Gasteiger partial charge on any atom is -0.466 e.